The average molecular weight is 685 g/mol. The minimum Gasteiger partial charge on any atom is -0.390 e. The molecule has 3 aromatic carbocycles. The number of halogens is 3. The highest BCUT2D eigenvalue weighted by atomic mass is 35.5. The number of benzene rings is 3. The average Bonchev–Trinajstić information content (AvgIpc) is 3.07. The third kappa shape index (κ3) is 11.4. The highest BCUT2D eigenvalue weighted by Gasteiger charge is 2.26. The van der Waals surface area contributed by atoms with Gasteiger partial charge in [0.05, 0.1) is 12.1 Å². The lowest BCUT2D eigenvalue weighted by atomic mass is 9.89. The fourth-order valence-corrected chi connectivity index (χ4v) is 6.30. The van der Waals surface area contributed by atoms with E-state index in [4.69, 9.17) is 0 Å². The standard InChI is InChI=1S/C38H50F2N4O3.ClH/c1-4-13-44(14-5-2)38(47)32-20-30(29-11-8-12-41-24-29)19-31(21-32)37(46)43-35(18-28-16-33(39)22-34(40)17-28)36(45)25-42-23-27-10-7-9-26(6-3)15-27;/h7,9-10,15-17,19-22,29,35-36,41-42,45H,4-6,8,11-14,18,23-25H2,1-3H3,(H,43,46);1H/t29?,35-,36+;/m0./s1. The predicted octanol–water partition coefficient (Wildman–Crippen LogP) is 6.17. The minimum absolute atomic E-state index is 0. The molecule has 1 aliphatic heterocycles. The molecule has 1 saturated heterocycles. The number of carbonyl (C=O) groups excluding carboxylic acids is 2. The summed E-state index contributed by atoms with van der Waals surface area (Å²) in [7, 11) is 0. The number of aryl methyl sites for hydroxylation is 1. The maximum Gasteiger partial charge on any atom is 0.253 e. The van der Waals surface area contributed by atoms with Gasteiger partial charge in [-0.05, 0) is 104 Å². The van der Waals surface area contributed by atoms with Gasteiger partial charge in [0.2, 0.25) is 0 Å². The van der Waals surface area contributed by atoms with Gasteiger partial charge in [0.1, 0.15) is 11.6 Å². The number of hydrogen-bond donors (Lipinski definition) is 4. The molecule has 262 valence electrons. The number of amides is 2. The van der Waals surface area contributed by atoms with Gasteiger partial charge in [-0.1, -0.05) is 45.0 Å². The molecule has 4 rings (SSSR count). The van der Waals surface area contributed by atoms with Crippen molar-refractivity contribution in [3.63, 3.8) is 0 Å². The van der Waals surface area contributed by atoms with E-state index < -0.39 is 29.7 Å². The van der Waals surface area contributed by atoms with Gasteiger partial charge in [-0.25, -0.2) is 8.78 Å². The lowest BCUT2D eigenvalue weighted by Crippen LogP contribution is -2.48. The Kier molecular flexibility index (Phi) is 15.9. The molecular weight excluding hydrogens is 634 g/mol. The molecule has 7 nitrogen and oxygen atoms in total. The molecule has 48 heavy (non-hydrogen) atoms. The number of aliphatic hydroxyl groups is 1. The Labute approximate surface area is 290 Å². The van der Waals surface area contributed by atoms with Crippen molar-refractivity contribution in [2.75, 3.05) is 32.7 Å². The second-order valence-corrected chi connectivity index (χ2v) is 12.6. The Morgan fingerprint density at radius 3 is 2.27 bits per heavy atom. The summed E-state index contributed by atoms with van der Waals surface area (Å²) in [6, 6.07) is 15.9. The molecule has 0 aromatic heterocycles. The minimum atomic E-state index is -1.07. The van der Waals surface area contributed by atoms with E-state index in [1.165, 1.54) is 17.7 Å². The Hall–Kier alpha value is -3.37. The Balaban J connectivity index is 0.00000625. The van der Waals surface area contributed by atoms with Gasteiger partial charge in [0.25, 0.3) is 11.8 Å². The third-order valence-electron chi connectivity index (χ3n) is 8.75. The molecule has 3 aromatic rings. The van der Waals surface area contributed by atoms with Crippen LogP contribution in [0.4, 0.5) is 8.78 Å². The van der Waals surface area contributed by atoms with E-state index in [9.17, 15) is 23.5 Å². The fraction of sp³-hybridized carbons (Fsp3) is 0.474. The van der Waals surface area contributed by atoms with Crippen molar-refractivity contribution < 1.29 is 23.5 Å². The van der Waals surface area contributed by atoms with Crippen molar-refractivity contribution in [2.45, 2.75) is 83.9 Å². The molecule has 1 unspecified atom stereocenters. The second kappa shape index (κ2) is 19.6. The predicted molar refractivity (Wildman–Crippen MR) is 190 cm³/mol. The van der Waals surface area contributed by atoms with Crippen molar-refractivity contribution in [3.8, 4) is 0 Å². The van der Waals surface area contributed by atoms with E-state index in [1.807, 2.05) is 43.0 Å². The molecule has 1 heterocycles. The lowest BCUT2D eigenvalue weighted by molar-refractivity contribution is 0.0755. The van der Waals surface area contributed by atoms with Crippen LogP contribution in [0.5, 0.6) is 0 Å². The molecule has 1 aliphatic rings. The van der Waals surface area contributed by atoms with E-state index in [2.05, 4.69) is 35.0 Å². The van der Waals surface area contributed by atoms with E-state index >= 15 is 0 Å². The number of nitrogens with one attached hydrogen (secondary N) is 3. The van der Waals surface area contributed by atoms with Gasteiger partial charge in [0.15, 0.2) is 0 Å². The van der Waals surface area contributed by atoms with Crippen LogP contribution < -0.4 is 16.0 Å². The Morgan fingerprint density at radius 2 is 1.62 bits per heavy atom. The first-order chi connectivity index (χ1) is 22.7. The zero-order valence-corrected chi connectivity index (χ0v) is 29.2. The van der Waals surface area contributed by atoms with E-state index in [0.29, 0.717) is 36.3 Å². The summed E-state index contributed by atoms with van der Waals surface area (Å²) >= 11 is 0. The van der Waals surface area contributed by atoms with Gasteiger partial charge >= 0.3 is 0 Å². The summed E-state index contributed by atoms with van der Waals surface area (Å²) in [4.78, 5) is 29.5. The molecule has 0 radical (unpaired) electrons. The van der Waals surface area contributed by atoms with Crippen LogP contribution in [0.1, 0.15) is 95.3 Å². The largest absolute Gasteiger partial charge is 0.390 e. The molecule has 0 saturated carbocycles. The highest BCUT2D eigenvalue weighted by Crippen LogP contribution is 2.26. The van der Waals surface area contributed by atoms with E-state index in [-0.39, 0.29) is 37.2 Å². The smallest absolute Gasteiger partial charge is 0.253 e. The van der Waals surface area contributed by atoms with Gasteiger partial charge in [-0.15, -0.1) is 12.4 Å². The molecule has 0 spiro atoms. The zero-order valence-electron chi connectivity index (χ0n) is 28.4. The molecule has 4 N–H and O–H groups in total. The third-order valence-corrected chi connectivity index (χ3v) is 8.75. The van der Waals surface area contributed by atoms with Gasteiger partial charge in [-0.2, -0.15) is 0 Å². The van der Waals surface area contributed by atoms with Gasteiger partial charge in [0, 0.05) is 49.9 Å². The van der Waals surface area contributed by atoms with Crippen LogP contribution >= 0.6 is 12.4 Å². The molecule has 0 aliphatic carbocycles. The molecular formula is C38H51ClF2N4O3. The summed E-state index contributed by atoms with van der Waals surface area (Å²) in [5, 5.41) is 21.0. The van der Waals surface area contributed by atoms with Crippen LogP contribution in [-0.2, 0) is 19.4 Å². The maximum atomic E-state index is 14.1. The van der Waals surface area contributed by atoms with Crippen LogP contribution in [-0.4, -0.2) is 66.7 Å². The van der Waals surface area contributed by atoms with Crippen molar-refractivity contribution >= 4 is 24.2 Å². The fourth-order valence-electron chi connectivity index (χ4n) is 6.30. The normalized spacial score (nSPS) is 15.7. The van der Waals surface area contributed by atoms with E-state index in [1.54, 1.807) is 6.07 Å². The van der Waals surface area contributed by atoms with E-state index in [0.717, 1.165) is 62.4 Å². The van der Waals surface area contributed by atoms with Crippen molar-refractivity contribution in [1.82, 2.24) is 20.9 Å². The number of rotatable bonds is 16. The topological polar surface area (TPSA) is 93.7 Å². The number of nitrogens with zero attached hydrogens (tertiary/aromatic N) is 1. The summed E-state index contributed by atoms with van der Waals surface area (Å²) in [5.74, 6) is -1.88. The van der Waals surface area contributed by atoms with Crippen LogP contribution in [0.15, 0.2) is 60.7 Å². The number of piperidine rings is 1. The van der Waals surface area contributed by atoms with Gasteiger partial charge < -0.3 is 26.0 Å². The molecule has 3 atom stereocenters. The highest BCUT2D eigenvalue weighted by molar-refractivity contribution is 6.00. The second-order valence-electron chi connectivity index (χ2n) is 12.6. The van der Waals surface area contributed by atoms with Gasteiger partial charge in [-0.3, -0.25) is 9.59 Å². The summed E-state index contributed by atoms with van der Waals surface area (Å²) in [6.45, 7) is 9.74. The van der Waals surface area contributed by atoms with Crippen LogP contribution in [0, 0.1) is 11.6 Å². The molecule has 2 amide bonds. The SMILES string of the molecule is CCCN(CCC)C(=O)c1cc(C(=O)N[C@@H](Cc2cc(F)cc(F)c2)[C@H](O)CNCc2cccc(CC)c2)cc(C2CCCNC2)c1.Cl. The van der Waals surface area contributed by atoms with Crippen molar-refractivity contribution in [3.05, 3.63) is 106 Å². The van der Waals surface area contributed by atoms with Crippen LogP contribution in [0.25, 0.3) is 0 Å². The first-order valence-corrected chi connectivity index (χ1v) is 17.1. The van der Waals surface area contributed by atoms with Crippen molar-refractivity contribution in [2.24, 2.45) is 0 Å². The Bertz CT molecular complexity index is 1460. The van der Waals surface area contributed by atoms with Crippen molar-refractivity contribution in [1.29, 1.82) is 0 Å². The first-order valence-electron chi connectivity index (χ1n) is 17.1. The lowest BCUT2D eigenvalue weighted by Gasteiger charge is -2.27. The number of carbonyl (C=O) groups is 2. The Morgan fingerprint density at radius 1 is 0.938 bits per heavy atom. The summed E-state index contributed by atoms with van der Waals surface area (Å²) in [5.41, 5.74) is 4.28. The number of hydrogen-bond acceptors (Lipinski definition) is 5. The monoisotopic (exact) mass is 684 g/mol. The molecule has 1 fully saturated rings. The maximum absolute atomic E-state index is 14.1. The number of aliphatic hydroxyl groups excluding tert-OH is 1. The molecule has 0 bridgehead atoms. The molecule has 10 heteroatoms. The first kappa shape index (κ1) is 39.1. The van der Waals surface area contributed by atoms with Crippen LogP contribution in [0.2, 0.25) is 0 Å². The summed E-state index contributed by atoms with van der Waals surface area (Å²) < 4.78 is 28.3. The zero-order chi connectivity index (χ0) is 33.8. The summed E-state index contributed by atoms with van der Waals surface area (Å²) in [6.07, 6.45) is 3.43. The quantitative estimate of drug-likeness (QED) is 0.145. The van der Waals surface area contributed by atoms with Crippen LogP contribution in [0.3, 0.4) is 0 Å².